The van der Waals surface area contributed by atoms with E-state index in [0.717, 1.165) is 6.07 Å². The third-order valence-corrected chi connectivity index (χ3v) is 4.14. The Morgan fingerprint density at radius 3 is 2.54 bits per heavy atom. The fourth-order valence-electron chi connectivity index (χ4n) is 2.89. The van der Waals surface area contributed by atoms with Gasteiger partial charge in [-0.05, 0) is 42.3 Å². The quantitative estimate of drug-likeness (QED) is 0.611. The van der Waals surface area contributed by atoms with Gasteiger partial charge in [-0.3, -0.25) is 9.78 Å². The van der Waals surface area contributed by atoms with E-state index in [1.54, 1.807) is 12.1 Å². The molecule has 3 rings (SSSR count). The Hall–Kier alpha value is -3.16. The van der Waals surface area contributed by atoms with Crippen LogP contribution in [0.25, 0.3) is 10.9 Å². The van der Waals surface area contributed by atoms with Crippen molar-refractivity contribution in [1.82, 2.24) is 10.3 Å². The van der Waals surface area contributed by atoms with Crippen LogP contribution in [0.4, 0.5) is 17.6 Å². The first-order valence-electron chi connectivity index (χ1n) is 8.47. The van der Waals surface area contributed by atoms with Crippen LogP contribution >= 0.6 is 0 Å². The highest BCUT2D eigenvalue weighted by atomic mass is 19.4. The van der Waals surface area contributed by atoms with E-state index < -0.39 is 24.1 Å². The molecular formula is C20H16F4N2O2. The van der Waals surface area contributed by atoms with Crippen molar-refractivity contribution in [3.63, 3.8) is 0 Å². The number of alkyl halides is 3. The number of ether oxygens (including phenoxy) is 1. The number of pyridine rings is 1. The summed E-state index contributed by atoms with van der Waals surface area (Å²) in [6.45, 7) is 1.81. The van der Waals surface area contributed by atoms with Gasteiger partial charge in [0.2, 0.25) is 0 Å². The number of carbonyl (C=O) groups is 1. The van der Waals surface area contributed by atoms with Gasteiger partial charge >= 0.3 is 6.36 Å². The molecule has 1 aromatic heterocycles. The SMILES string of the molecule is CCC(NC(=O)c1cc(F)cc2cccnc12)c1ccc(OC(F)(F)F)cc1. The molecule has 0 saturated heterocycles. The van der Waals surface area contributed by atoms with Crippen LogP contribution in [0, 0.1) is 5.82 Å². The molecule has 1 amide bonds. The van der Waals surface area contributed by atoms with Crippen LogP contribution in [-0.2, 0) is 0 Å². The van der Waals surface area contributed by atoms with E-state index >= 15 is 0 Å². The Morgan fingerprint density at radius 1 is 1.18 bits per heavy atom. The van der Waals surface area contributed by atoms with E-state index in [1.165, 1.54) is 36.5 Å². The predicted octanol–water partition coefficient (Wildman–Crippen LogP) is 5.15. The molecule has 0 radical (unpaired) electrons. The zero-order chi connectivity index (χ0) is 20.3. The molecule has 4 nitrogen and oxygen atoms in total. The lowest BCUT2D eigenvalue weighted by molar-refractivity contribution is -0.274. The van der Waals surface area contributed by atoms with Gasteiger partial charge in [-0.2, -0.15) is 0 Å². The number of rotatable bonds is 5. The number of hydrogen-bond acceptors (Lipinski definition) is 3. The first kappa shape index (κ1) is 19.6. The monoisotopic (exact) mass is 392 g/mol. The second kappa shape index (κ2) is 7.84. The molecule has 1 atom stereocenters. The Balaban J connectivity index is 1.83. The van der Waals surface area contributed by atoms with E-state index in [0.29, 0.717) is 22.9 Å². The number of carbonyl (C=O) groups excluding carboxylic acids is 1. The Labute approximate surface area is 158 Å². The number of fused-ring (bicyclic) bond motifs is 1. The maximum absolute atomic E-state index is 13.9. The second-order valence-electron chi connectivity index (χ2n) is 6.08. The zero-order valence-electron chi connectivity index (χ0n) is 14.8. The highest BCUT2D eigenvalue weighted by Crippen LogP contribution is 2.26. The van der Waals surface area contributed by atoms with Gasteiger partial charge in [0.05, 0.1) is 17.1 Å². The van der Waals surface area contributed by atoms with Gasteiger partial charge < -0.3 is 10.1 Å². The number of amides is 1. The molecule has 0 aliphatic rings. The van der Waals surface area contributed by atoms with Gasteiger partial charge in [-0.25, -0.2) is 4.39 Å². The molecule has 1 N–H and O–H groups in total. The maximum Gasteiger partial charge on any atom is 0.573 e. The van der Waals surface area contributed by atoms with E-state index in [4.69, 9.17) is 0 Å². The largest absolute Gasteiger partial charge is 0.573 e. The minimum atomic E-state index is -4.77. The fraction of sp³-hybridized carbons (Fsp3) is 0.200. The van der Waals surface area contributed by atoms with E-state index in [9.17, 15) is 22.4 Å². The van der Waals surface area contributed by atoms with Crippen molar-refractivity contribution in [3.8, 4) is 5.75 Å². The third kappa shape index (κ3) is 4.57. The highest BCUT2D eigenvalue weighted by molar-refractivity contribution is 6.05. The molecule has 0 aliphatic heterocycles. The normalized spacial score (nSPS) is 12.6. The van der Waals surface area contributed by atoms with Gasteiger partial charge in [-0.15, -0.1) is 13.2 Å². The summed E-state index contributed by atoms with van der Waals surface area (Å²) in [7, 11) is 0. The number of aromatic nitrogens is 1. The Kier molecular flexibility index (Phi) is 5.48. The summed E-state index contributed by atoms with van der Waals surface area (Å²) >= 11 is 0. The number of benzene rings is 2. The van der Waals surface area contributed by atoms with Gasteiger partial charge in [0.25, 0.3) is 5.91 Å². The molecule has 1 unspecified atom stereocenters. The molecule has 3 aromatic rings. The van der Waals surface area contributed by atoms with Gasteiger partial charge in [0.15, 0.2) is 0 Å². The van der Waals surface area contributed by atoms with Crippen molar-refractivity contribution >= 4 is 16.8 Å². The third-order valence-electron chi connectivity index (χ3n) is 4.14. The molecule has 2 aromatic carbocycles. The van der Waals surface area contributed by atoms with Crippen LogP contribution in [0.15, 0.2) is 54.7 Å². The summed E-state index contributed by atoms with van der Waals surface area (Å²) in [5, 5.41) is 3.27. The summed E-state index contributed by atoms with van der Waals surface area (Å²) in [6, 6.07) is 10.5. The van der Waals surface area contributed by atoms with Gasteiger partial charge in [-0.1, -0.05) is 25.1 Å². The zero-order valence-corrected chi connectivity index (χ0v) is 14.8. The lowest BCUT2D eigenvalue weighted by atomic mass is 10.0. The average Bonchev–Trinajstić information content (AvgIpc) is 2.64. The van der Waals surface area contributed by atoms with Crippen LogP contribution in [-0.4, -0.2) is 17.3 Å². The standard InChI is InChI=1S/C20H16F4N2O2/c1-2-17(12-5-7-15(8-6-12)28-20(22,23)24)26-19(27)16-11-14(21)10-13-4-3-9-25-18(13)16/h3-11,17H,2H2,1H3,(H,26,27). The van der Waals surface area contributed by atoms with E-state index in [2.05, 4.69) is 15.0 Å². The fourth-order valence-corrected chi connectivity index (χ4v) is 2.89. The first-order chi connectivity index (χ1) is 13.3. The van der Waals surface area contributed by atoms with Crippen molar-refractivity contribution in [3.05, 3.63) is 71.7 Å². The minimum absolute atomic E-state index is 0.0890. The van der Waals surface area contributed by atoms with Crippen molar-refractivity contribution in [2.24, 2.45) is 0 Å². The lowest BCUT2D eigenvalue weighted by Crippen LogP contribution is -2.28. The molecule has 0 bridgehead atoms. The molecule has 0 fully saturated rings. The van der Waals surface area contributed by atoms with Crippen LogP contribution < -0.4 is 10.1 Å². The topological polar surface area (TPSA) is 51.2 Å². The summed E-state index contributed by atoms with van der Waals surface area (Å²) in [5.41, 5.74) is 1.05. The molecule has 28 heavy (non-hydrogen) atoms. The number of nitrogens with one attached hydrogen (secondary N) is 1. The molecule has 146 valence electrons. The molecule has 8 heteroatoms. The lowest BCUT2D eigenvalue weighted by Gasteiger charge is -2.19. The van der Waals surface area contributed by atoms with Crippen LogP contribution in [0.2, 0.25) is 0 Å². The number of halogens is 4. The van der Waals surface area contributed by atoms with E-state index in [-0.39, 0.29) is 11.3 Å². The minimum Gasteiger partial charge on any atom is -0.406 e. The van der Waals surface area contributed by atoms with Crippen LogP contribution in [0.5, 0.6) is 5.75 Å². The molecule has 0 saturated carbocycles. The summed E-state index contributed by atoms with van der Waals surface area (Å²) < 4.78 is 54.5. The smallest absolute Gasteiger partial charge is 0.406 e. The van der Waals surface area contributed by atoms with Crippen molar-refractivity contribution < 1.29 is 27.1 Å². The first-order valence-corrected chi connectivity index (χ1v) is 8.47. The summed E-state index contributed by atoms with van der Waals surface area (Å²) in [4.78, 5) is 16.9. The van der Waals surface area contributed by atoms with Crippen molar-refractivity contribution in [2.75, 3.05) is 0 Å². The van der Waals surface area contributed by atoms with E-state index in [1.807, 2.05) is 6.92 Å². The summed E-state index contributed by atoms with van der Waals surface area (Å²) in [5.74, 6) is -1.43. The highest BCUT2D eigenvalue weighted by Gasteiger charge is 2.31. The van der Waals surface area contributed by atoms with Gasteiger partial charge in [0.1, 0.15) is 11.6 Å². The average molecular weight is 392 g/mol. The molecular weight excluding hydrogens is 376 g/mol. The number of nitrogens with zero attached hydrogens (tertiary/aromatic N) is 1. The van der Waals surface area contributed by atoms with Gasteiger partial charge in [0, 0.05) is 11.6 Å². The predicted molar refractivity (Wildman–Crippen MR) is 95.3 cm³/mol. The second-order valence-corrected chi connectivity index (χ2v) is 6.08. The Morgan fingerprint density at radius 2 is 1.89 bits per heavy atom. The maximum atomic E-state index is 13.9. The van der Waals surface area contributed by atoms with Crippen LogP contribution in [0.3, 0.4) is 0 Å². The molecule has 0 spiro atoms. The molecule has 0 aliphatic carbocycles. The van der Waals surface area contributed by atoms with Crippen LogP contribution in [0.1, 0.15) is 35.3 Å². The van der Waals surface area contributed by atoms with Crippen molar-refractivity contribution in [1.29, 1.82) is 0 Å². The van der Waals surface area contributed by atoms with Crippen molar-refractivity contribution in [2.45, 2.75) is 25.7 Å². The number of hydrogen-bond donors (Lipinski definition) is 1. The Bertz CT molecular complexity index is 988. The molecule has 1 heterocycles. The summed E-state index contributed by atoms with van der Waals surface area (Å²) in [6.07, 6.45) is -2.79.